The minimum absolute atomic E-state index is 0.0711. The van der Waals surface area contributed by atoms with Crippen LogP contribution in [0.3, 0.4) is 0 Å². The molecule has 0 saturated heterocycles. The van der Waals surface area contributed by atoms with E-state index < -0.39 is 36.2 Å². The molecule has 0 bridgehead atoms. The second kappa shape index (κ2) is 12.4. The molecular weight excluding hydrogens is 493 g/mol. The molecule has 1 aromatic carbocycles. The second-order valence-electron chi connectivity index (χ2n) is 9.26. The Morgan fingerprint density at radius 2 is 1.75 bits per heavy atom. The molecule has 0 aliphatic heterocycles. The van der Waals surface area contributed by atoms with Crippen molar-refractivity contribution < 1.29 is 27.6 Å². The largest absolute Gasteiger partial charge is 0.400 e. The van der Waals surface area contributed by atoms with Gasteiger partial charge in [0.1, 0.15) is 16.6 Å². The fraction of sp³-hybridized carbons (Fsp3) is 0.560. The average molecular weight is 525 g/mol. The first-order valence-electron chi connectivity index (χ1n) is 12.2. The molecule has 0 unspecified atom stereocenters. The lowest BCUT2D eigenvalue weighted by Gasteiger charge is -2.31. The van der Waals surface area contributed by atoms with Crippen LogP contribution in [0.2, 0.25) is 0 Å². The molecule has 2 N–H and O–H groups in total. The highest BCUT2D eigenvalue weighted by Crippen LogP contribution is 2.35. The van der Waals surface area contributed by atoms with Crippen molar-refractivity contribution in [3.63, 3.8) is 0 Å². The summed E-state index contributed by atoms with van der Waals surface area (Å²) in [5.41, 5.74) is 0.841. The molecule has 2 amide bonds. The lowest BCUT2D eigenvalue weighted by molar-refractivity contribution is -0.183. The number of nitrogens with one attached hydrogen (secondary N) is 2. The Morgan fingerprint density at radius 3 is 2.36 bits per heavy atom. The molecule has 1 aliphatic carbocycles. The van der Waals surface area contributed by atoms with Gasteiger partial charge >= 0.3 is 6.18 Å². The van der Waals surface area contributed by atoms with Gasteiger partial charge in [0.05, 0.1) is 6.04 Å². The highest BCUT2D eigenvalue weighted by molar-refractivity contribution is 7.10. The number of anilines is 1. The van der Waals surface area contributed by atoms with E-state index in [1.54, 1.807) is 37.3 Å². The summed E-state index contributed by atoms with van der Waals surface area (Å²) >= 11 is 0.760. The Kier molecular flexibility index (Phi) is 9.58. The van der Waals surface area contributed by atoms with E-state index in [1.165, 1.54) is 0 Å². The van der Waals surface area contributed by atoms with E-state index in [9.17, 15) is 27.6 Å². The summed E-state index contributed by atoms with van der Waals surface area (Å²) in [5.74, 6) is -5.68. The number of aromatic nitrogens is 2. The third-order valence-electron chi connectivity index (χ3n) is 6.71. The van der Waals surface area contributed by atoms with E-state index in [0.717, 1.165) is 30.8 Å². The van der Waals surface area contributed by atoms with Gasteiger partial charge in [-0.15, -0.1) is 5.10 Å². The number of hydrogen-bond acceptors (Lipinski definition) is 6. The predicted molar refractivity (Wildman–Crippen MR) is 131 cm³/mol. The van der Waals surface area contributed by atoms with Gasteiger partial charge in [-0.2, -0.15) is 13.2 Å². The summed E-state index contributed by atoms with van der Waals surface area (Å²) in [6.45, 7) is 3.53. The van der Waals surface area contributed by atoms with Crippen molar-refractivity contribution in [1.29, 1.82) is 0 Å². The van der Waals surface area contributed by atoms with E-state index in [0.29, 0.717) is 24.8 Å². The van der Waals surface area contributed by atoms with Crippen LogP contribution in [0.4, 0.5) is 18.2 Å². The quantitative estimate of drug-likeness (QED) is 0.434. The zero-order chi connectivity index (χ0) is 26.3. The van der Waals surface area contributed by atoms with Crippen molar-refractivity contribution in [2.24, 2.45) is 17.8 Å². The zero-order valence-corrected chi connectivity index (χ0v) is 21.1. The molecule has 3 rings (SSSR count). The highest BCUT2D eigenvalue weighted by Gasteiger charge is 2.47. The number of ketones is 1. The lowest BCUT2D eigenvalue weighted by Crippen LogP contribution is -2.50. The number of amides is 2. The molecule has 0 spiro atoms. The molecule has 0 radical (unpaired) electrons. The lowest BCUT2D eigenvalue weighted by atomic mass is 9.80. The van der Waals surface area contributed by atoms with Crippen LogP contribution < -0.4 is 10.6 Å². The van der Waals surface area contributed by atoms with Crippen LogP contribution >= 0.6 is 11.5 Å². The number of rotatable bonds is 10. The number of halogens is 3. The number of hydrogen-bond donors (Lipinski definition) is 2. The molecule has 1 aromatic heterocycles. The molecule has 1 aliphatic rings. The summed E-state index contributed by atoms with van der Waals surface area (Å²) in [6, 6.07) is 7.59. The van der Waals surface area contributed by atoms with Gasteiger partial charge < -0.3 is 10.6 Å². The van der Waals surface area contributed by atoms with Gasteiger partial charge in [0.25, 0.3) is 0 Å². The number of carbonyl (C=O) groups is 3. The van der Waals surface area contributed by atoms with Gasteiger partial charge in [-0.3, -0.25) is 14.4 Å². The van der Waals surface area contributed by atoms with Crippen molar-refractivity contribution in [2.45, 2.75) is 71.0 Å². The number of benzene rings is 1. The summed E-state index contributed by atoms with van der Waals surface area (Å²) in [5, 5.41) is 8.98. The predicted octanol–water partition coefficient (Wildman–Crippen LogP) is 5.39. The fourth-order valence-corrected chi connectivity index (χ4v) is 4.95. The maximum atomic E-state index is 14.0. The van der Waals surface area contributed by atoms with Crippen LogP contribution in [0.5, 0.6) is 0 Å². The summed E-state index contributed by atoms with van der Waals surface area (Å²) in [4.78, 5) is 38.6. The molecule has 1 heterocycles. The Labute approximate surface area is 212 Å². The number of carbonyl (C=O) groups excluding carboxylic acids is 3. The second-order valence-corrected chi connectivity index (χ2v) is 10.0. The van der Waals surface area contributed by atoms with Crippen LogP contribution in [0, 0.1) is 17.8 Å². The number of nitrogens with zero attached hydrogens (tertiary/aromatic N) is 2. The minimum atomic E-state index is -4.96. The zero-order valence-electron chi connectivity index (χ0n) is 20.3. The molecule has 11 heteroatoms. The fourth-order valence-electron chi connectivity index (χ4n) is 4.35. The molecule has 7 nitrogen and oxygen atoms in total. The van der Waals surface area contributed by atoms with Gasteiger partial charge in [-0.1, -0.05) is 67.9 Å². The van der Waals surface area contributed by atoms with Crippen molar-refractivity contribution in [2.75, 3.05) is 5.32 Å². The van der Waals surface area contributed by atoms with E-state index in [1.807, 2.05) is 6.92 Å². The van der Waals surface area contributed by atoms with E-state index in [2.05, 4.69) is 20.2 Å². The average Bonchev–Trinajstić information content (AvgIpc) is 3.33. The Balaban J connectivity index is 1.80. The first kappa shape index (κ1) is 27.8. The van der Waals surface area contributed by atoms with Crippen LogP contribution in [0.1, 0.15) is 58.8 Å². The first-order chi connectivity index (χ1) is 17.1. The van der Waals surface area contributed by atoms with Crippen molar-refractivity contribution >= 4 is 34.1 Å². The van der Waals surface area contributed by atoms with Crippen molar-refractivity contribution in [1.82, 2.24) is 14.9 Å². The van der Waals surface area contributed by atoms with Crippen LogP contribution in [-0.2, 0) is 14.4 Å². The first-order valence-corrected chi connectivity index (χ1v) is 13.0. The van der Waals surface area contributed by atoms with Gasteiger partial charge in [0.15, 0.2) is 5.78 Å². The summed E-state index contributed by atoms with van der Waals surface area (Å²) in [7, 11) is 0. The molecular formula is C25H31F3N4O3S. The maximum absolute atomic E-state index is 14.0. The van der Waals surface area contributed by atoms with Gasteiger partial charge in [-0.05, 0) is 25.2 Å². The van der Waals surface area contributed by atoms with E-state index >= 15 is 0 Å². The monoisotopic (exact) mass is 524 g/mol. The third-order valence-corrected chi connectivity index (χ3v) is 7.36. The van der Waals surface area contributed by atoms with Gasteiger partial charge in [0, 0.05) is 29.4 Å². The van der Waals surface area contributed by atoms with Crippen molar-refractivity contribution in [3.05, 3.63) is 30.3 Å². The maximum Gasteiger partial charge on any atom is 0.400 e. The molecule has 1 saturated carbocycles. The summed E-state index contributed by atoms with van der Waals surface area (Å²) in [6.07, 6.45) is -1.50. The molecule has 196 valence electrons. The Bertz CT molecular complexity index is 1040. The van der Waals surface area contributed by atoms with Gasteiger partial charge in [0.2, 0.25) is 11.8 Å². The minimum Gasteiger partial charge on any atom is -0.346 e. The highest BCUT2D eigenvalue weighted by atomic mass is 32.1. The smallest absolute Gasteiger partial charge is 0.346 e. The third kappa shape index (κ3) is 7.11. The number of alkyl halides is 3. The van der Waals surface area contributed by atoms with Crippen LogP contribution in [0.25, 0.3) is 11.3 Å². The van der Waals surface area contributed by atoms with Gasteiger partial charge in [-0.25, -0.2) is 0 Å². The molecule has 2 aromatic rings. The molecule has 1 fully saturated rings. The van der Waals surface area contributed by atoms with E-state index in [4.69, 9.17) is 0 Å². The number of Topliss-reactive ketones (excluding diaryl/α,β-unsaturated/α-hetero) is 1. The normalized spacial score (nSPS) is 17.1. The summed E-state index contributed by atoms with van der Waals surface area (Å²) < 4.78 is 45.8. The Hall–Kier alpha value is -2.82. The van der Waals surface area contributed by atoms with Crippen LogP contribution in [-0.4, -0.2) is 39.4 Å². The Morgan fingerprint density at radius 1 is 1.08 bits per heavy atom. The standard InChI is InChI=1S/C25H31F3N4O3S/c1-3-15(2)22(34)29-20(16-10-6-4-7-11-16)19(33)14-18(25(26,27)28)23(35)30-24-21(31-32-36-24)17-12-8-5-9-13-17/h5,8-9,12-13,15-16,18,20H,3-4,6-7,10-11,14H2,1-2H3,(H,29,34)(H,30,35)/t15-,18-,20+/m1/s1. The molecule has 3 atom stereocenters. The molecule has 36 heavy (non-hydrogen) atoms. The van der Waals surface area contributed by atoms with Crippen LogP contribution in [0.15, 0.2) is 30.3 Å². The topological polar surface area (TPSA) is 101 Å². The van der Waals surface area contributed by atoms with E-state index in [-0.39, 0.29) is 28.4 Å². The SMILES string of the molecule is CC[C@@H](C)C(=O)N[C@H](C(=O)C[C@H](C(=O)Nc1snnc1-c1ccccc1)C(F)(F)F)C1CCCCC1. The van der Waals surface area contributed by atoms with Crippen molar-refractivity contribution in [3.8, 4) is 11.3 Å².